The summed E-state index contributed by atoms with van der Waals surface area (Å²) in [5.41, 5.74) is -2.38. The first-order valence-electron chi connectivity index (χ1n) is 9.63. The molecule has 0 aliphatic heterocycles. The second-order valence-corrected chi connectivity index (χ2v) is 8.02. The monoisotopic (exact) mass is 453 g/mol. The van der Waals surface area contributed by atoms with Gasteiger partial charge in [0, 0.05) is 29.6 Å². The highest BCUT2D eigenvalue weighted by atomic mass is 19.4. The molecule has 0 fully saturated rings. The highest BCUT2D eigenvalue weighted by Gasteiger charge is 2.34. The van der Waals surface area contributed by atoms with E-state index in [1.54, 1.807) is 20.8 Å². The van der Waals surface area contributed by atoms with Crippen molar-refractivity contribution in [3.8, 4) is 0 Å². The molecule has 0 atom stereocenters. The third kappa shape index (κ3) is 7.07. The minimum atomic E-state index is -4.81. The fourth-order valence-corrected chi connectivity index (χ4v) is 2.54. The molecule has 0 bridgehead atoms. The number of nitrogens with one attached hydrogen (secondary N) is 3. The Morgan fingerprint density at radius 3 is 2.09 bits per heavy atom. The van der Waals surface area contributed by atoms with Crippen molar-refractivity contribution in [2.75, 3.05) is 17.2 Å². The lowest BCUT2D eigenvalue weighted by atomic mass is 9.96. The van der Waals surface area contributed by atoms with Gasteiger partial charge >= 0.3 is 6.18 Å². The van der Waals surface area contributed by atoms with Gasteiger partial charge in [-0.05, 0) is 42.5 Å². The summed E-state index contributed by atoms with van der Waals surface area (Å²) < 4.78 is 53.5. The third-order valence-electron chi connectivity index (χ3n) is 4.28. The van der Waals surface area contributed by atoms with E-state index in [-0.39, 0.29) is 30.1 Å². The summed E-state index contributed by atoms with van der Waals surface area (Å²) in [6.45, 7) is 5.03. The lowest BCUT2D eigenvalue weighted by Gasteiger charge is -2.18. The van der Waals surface area contributed by atoms with E-state index in [1.165, 1.54) is 18.2 Å². The van der Waals surface area contributed by atoms with E-state index in [9.17, 15) is 31.9 Å². The highest BCUT2D eigenvalue weighted by molar-refractivity contribution is 6.04. The van der Waals surface area contributed by atoms with Crippen molar-refractivity contribution in [3.05, 3.63) is 59.4 Å². The Labute approximate surface area is 182 Å². The molecule has 10 heteroatoms. The minimum Gasteiger partial charge on any atom is -0.355 e. The number of anilines is 2. The summed E-state index contributed by atoms with van der Waals surface area (Å²) in [6.07, 6.45) is -5.03. The predicted octanol–water partition coefficient (Wildman–Crippen LogP) is 4.59. The van der Waals surface area contributed by atoms with Gasteiger partial charge < -0.3 is 16.0 Å². The zero-order valence-corrected chi connectivity index (χ0v) is 17.7. The number of halogens is 4. The molecule has 2 aromatic rings. The highest BCUT2D eigenvalue weighted by Crippen LogP contribution is 2.36. The zero-order chi connectivity index (χ0) is 24.1. The summed E-state index contributed by atoms with van der Waals surface area (Å²) in [4.78, 5) is 36.0. The summed E-state index contributed by atoms with van der Waals surface area (Å²) in [7, 11) is 0. The molecule has 0 radical (unpaired) electrons. The molecule has 3 amide bonds. The minimum absolute atomic E-state index is 0.0326. The molecule has 3 N–H and O–H groups in total. The molecule has 0 unspecified atom stereocenters. The summed E-state index contributed by atoms with van der Waals surface area (Å²) in [5, 5.41) is 7.03. The topological polar surface area (TPSA) is 87.3 Å². The number of hydrogen-bond acceptors (Lipinski definition) is 3. The number of carbonyl (C=O) groups excluding carboxylic acids is 3. The number of carbonyl (C=O) groups is 3. The van der Waals surface area contributed by atoms with Crippen molar-refractivity contribution in [2.45, 2.75) is 33.4 Å². The zero-order valence-electron chi connectivity index (χ0n) is 17.7. The summed E-state index contributed by atoms with van der Waals surface area (Å²) in [6, 6.07) is 7.42. The molecular formula is C22H23F4N3O3. The van der Waals surface area contributed by atoms with E-state index in [1.807, 2.05) is 0 Å². The summed E-state index contributed by atoms with van der Waals surface area (Å²) in [5.74, 6) is -2.28. The van der Waals surface area contributed by atoms with Gasteiger partial charge in [0.05, 0.1) is 11.3 Å². The number of amides is 3. The van der Waals surface area contributed by atoms with Crippen LogP contribution < -0.4 is 16.0 Å². The molecule has 172 valence electrons. The molecule has 6 nitrogen and oxygen atoms in total. The van der Waals surface area contributed by atoms with Gasteiger partial charge in [-0.25, -0.2) is 4.39 Å². The molecular weight excluding hydrogens is 430 g/mol. The van der Waals surface area contributed by atoms with Crippen LogP contribution in [-0.2, 0) is 15.8 Å². The van der Waals surface area contributed by atoms with Gasteiger partial charge in [0.1, 0.15) is 5.82 Å². The van der Waals surface area contributed by atoms with Crippen molar-refractivity contribution in [1.29, 1.82) is 0 Å². The van der Waals surface area contributed by atoms with Crippen LogP contribution in [0.25, 0.3) is 0 Å². The van der Waals surface area contributed by atoms with Crippen LogP contribution in [0.2, 0.25) is 0 Å². The first-order valence-corrected chi connectivity index (χ1v) is 9.63. The van der Waals surface area contributed by atoms with Crippen molar-refractivity contribution in [1.82, 2.24) is 5.32 Å². The molecule has 0 aliphatic rings. The molecule has 0 spiro atoms. The molecule has 0 saturated heterocycles. The van der Waals surface area contributed by atoms with Gasteiger partial charge in [-0.2, -0.15) is 13.2 Å². The Balaban J connectivity index is 2.09. The fourth-order valence-electron chi connectivity index (χ4n) is 2.54. The van der Waals surface area contributed by atoms with Crippen molar-refractivity contribution in [2.24, 2.45) is 5.41 Å². The van der Waals surface area contributed by atoms with E-state index in [0.29, 0.717) is 6.07 Å². The van der Waals surface area contributed by atoms with E-state index >= 15 is 0 Å². The van der Waals surface area contributed by atoms with Crippen LogP contribution in [0.1, 0.15) is 43.1 Å². The van der Waals surface area contributed by atoms with Gasteiger partial charge in [-0.15, -0.1) is 0 Å². The molecule has 0 saturated carbocycles. The molecule has 0 aromatic heterocycles. The van der Waals surface area contributed by atoms with E-state index in [2.05, 4.69) is 16.0 Å². The lowest BCUT2D eigenvalue weighted by molar-refractivity contribution is -0.137. The van der Waals surface area contributed by atoms with E-state index < -0.39 is 40.5 Å². The maximum absolute atomic E-state index is 13.5. The molecule has 0 heterocycles. The predicted molar refractivity (Wildman–Crippen MR) is 112 cm³/mol. The van der Waals surface area contributed by atoms with Crippen LogP contribution in [-0.4, -0.2) is 24.3 Å². The van der Waals surface area contributed by atoms with Crippen molar-refractivity contribution < 1.29 is 31.9 Å². The fraction of sp³-hybridized carbons (Fsp3) is 0.318. The van der Waals surface area contributed by atoms with Gasteiger partial charge in [0.2, 0.25) is 11.8 Å². The molecule has 2 rings (SSSR count). The van der Waals surface area contributed by atoms with E-state index in [0.717, 1.165) is 18.2 Å². The smallest absolute Gasteiger partial charge is 0.355 e. The SMILES string of the molecule is CC(C)(C)C(=O)NCCC(=O)Nc1ccc(NC(=O)c2ccc(F)cc2)cc1C(F)(F)F. The average Bonchev–Trinajstić information content (AvgIpc) is 2.68. The Hall–Kier alpha value is -3.43. The average molecular weight is 453 g/mol. The molecule has 0 aliphatic carbocycles. The Bertz CT molecular complexity index is 997. The largest absolute Gasteiger partial charge is 0.418 e. The second-order valence-electron chi connectivity index (χ2n) is 8.02. The van der Waals surface area contributed by atoms with Crippen LogP contribution in [0.3, 0.4) is 0 Å². The van der Waals surface area contributed by atoms with Crippen LogP contribution in [0.15, 0.2) is 42.5 Å². The number of alkyl halides is 3. The molecule has 32 heavy (non-hydrogen) atoms. The van der Waals surface area contributed by atoms with Gasteiger partial charge in [0.15, 0.2) is 0 Å². The van der Waals surface area contributed by atoms with Crippen molar-refractivity contribution in [3.63, 3.8) is 0 Å². The van der Waals surface area contributed by atoms with Gasteiger partial charge in [-0.3, -0.25) is 14.4 Å². The quantitative estimate of drug-likeness (QED) is 0.560. The van der Waals surface area contributed by atoms with Crippen LogP contribution in [0, 0.1) is 11.2 Å². The standard InChI is InChI=1S/C22H23F4N3O3/c1-21(2,3)20(32)27-11-10-18(30)29-17-9-8-15(12-16(17)22(24,25)26)28-19(31)13-4-6-14(23)7-5-13/h4-9,12H,10-11H2,1-3H3,(H,27,32)(H,28,31)(H,29,30). The van der Waals surface area contributed by atoms with Gasteiger partial charge in [0.25, 0.3) is 5.91 Å². The number of hydrogen-bond donors (Lipinski definition) is 3. The lowest BCUT2D eigenvalue weighted by Crippen LogP contribution is -2.36. The Morgan fingerprint density at radius 1 is 0.906 bits per heavy atom. The first-order chi connectivity index (χ1) is 14.8. The number of benzene rings is 2. The van der Waals surface area contributed by atoms with Gasteiger partial charge in [-0.1, -0.05) is 20.8 Å². The van der Waals surface area contributed by atoms with Crippen LogP contribution in [0.5, 0.6) is 0 Å². The Morgan fingerprint density at radius 2 is 1.53 bits per heavy atom. The summed E-state index contributed by atoms with van der Waals surface area (Å²) >= 11 is 0. The first kappa shape index (κ1) is 24.8. The number of rotatable bonds is 6. The van der Waals surface area contributed by atoms with Crippen LogP contribution >= 0.6 is 0 Å². The third-order valence-corrected chi connectivity index (χ3v) is 4.28. The van der Waals surface area contributed by atoms with E-state index in [4.69, 9.17) is 0 Å². The van der Waals surface area contributed by atoms with Crippen LogP contribution in [0.4, 0.5) is 28.9 Å². The maximum Gasteiger partial charge on any atom is 0.418 e. The van der Waals surface area contributed by atoms with Crippen molar-refractivity contribution >= 4 is 29.1 Å². The molecule has 2 aromatic carbocycles. The normalized spacial score (nSPS) is 11.6. The Kier molecular flexibility index (Phi) is 7.60. The maximum atomic E-state index is 13.5. The second kappa shape index (κ2) is 9.80.